The molecule has 25 heavy (non-hydrogen) atoms. The van der Waals surface area contributed by atoms with Crippen molar-refractivity contribution < 1.29 is 17.2 Å². The van der Waals surface area contributed by atoms with Gasteiger partial charge in [-0.3, -0.25) is 0 Å². The lowest BCUT2D eigenvalue weighted by Gasteiger charge is -2.16. The van der Waals surface area contributed by atoms with Gasteiger partial charge >= 0.3 is 0 Å². The number of hydrogen-bond donors (Lipinski definition) is 1. The van der Waals surface area contributed by atoms with Crippen molar-refractivity contribution in [3.63, 3.8) is 0 Å². The number of aromatic nitrogens is 3. The van der Waals surface area contributed by atoms with E-state index in [-0.39, 0.29) is 17.3 Å². The van der Waals surface area contributed by atoms with Crippen LogP contribution in [0.2, 0.25) is 0 Å². The molecule has 0 saturated carbocycles. The first kappa shape index (κ1) is 18.9. The van der Waals surface area contributed by atoms with E-state index in [1.807, 2.05) is 0 Å². The number of anilines is 2. The van der Waals surface area contributed by atoms with Crippen molar-refractivity contribution in [1.29, 1.82) is 0 Å². The van der Waals surface area contributed by atoms with E-state index in [0.29, 0.717) is 18.0 Å². The fraction of sp³-hybridized carbons (Fsp3) is 0.357. The summed E-state index contributed by atoms with van der Waals surface area (Å²) in [6, 6.07) is 2.34. The maximum atomic E-state index is 13.2. The van der Waals surface area contributed by atoms with Crippen LogP contribution in [0.4, 0.5) is 20.7 Å². The number of halogens is 2. The molecule has 0 bridgehead atoms. The first-order chi connectivity index (χ1) is 11.6. The van der Waals surface area contributed by atoms with Crippen molar-refractivity contribution >= 4 is 21.9 Å². The van der Waals surface area contributed by atoms with E-state index in [2.05, 4.69) is 19.7 Å². The van der Waals surface area contributed by atoms with Crippen molar-refractivity contribution in [2.24, 2.45) is 0 Å². The van der Waals surface area contributed by atoms with Gasteiger partial charge in [0.2, 0.25) is 21.9 Å². The Morgan fingerprint density at radius 2 is 1.52 bits per heavy atom. The van der Waals surface area contributed by atoms with Gasteiger partial charge in [-0.1, -0.05) is 0 Å². The zero-order valence-electron chi connectivity index (χ0n) is 14.2. The molecule has 0 aliphatic heterocycles. The molecule has 136 valence electrons. The molecule has 2 aromatic rings. The fourth-order valence-electron chi connectivity index (χ4n) is 1.76. The number of nitrogens with zero attached hydrogens (tertiary/aromatic N) is 5. The highest BCUT2D eigenvalue weighted by Gasteiger charge is 2.18. The molecular weight excluding hydrogens is 354 g/mol. The molecular formula is C14H18F2N6O2S. The molecule has 2 rings (SSSR count). The fourth-order valence-corrected chi connectivity index (χ4v) is 2.75. The Kier molecular flexibility index (Phi) is 5.48. The predicted molar refractivity (Wildman–Crippen MR) is 88.9 cm³/mol. The van der Waals surface area contributed by atoms with E-state index in [4.69, 9.17) is 0 Å². The van der Waals surface area contributed by atoms with Crippen LogP contribution in [0.25, 0.3) is 0 Å². The molecule has 0 fully saturated rings. The van der Waals surface area contributed by atoms with Crippen molar-refractivity contribution in [2.75, 3.05) is 38.0 Å². The Balaban J connectivity index is 2.26. The maximum Gasteiger partial charge on any atom is 0.241 e. The van der Waals surface area contributed by atoms with Crippen LogP contribution in [0.15, 0.2) is 23.1 Å². The average molecular weight is 372 g/mol. The van der Waals surface area contributed by atoms with Gasteiger partial charge in [-0.25, -0.2) is 21.9 Å². The van der Waals surface area contributed by atoms with Gasteiger partial charge < -0.3 is 9.80 Å². The molecule has 0 aliphatic rings. The van der Waals surface area contributed by atoms with Gasteiger partial charge in [-0.2, -0.15) is 15.0 Å². The third kappa shape index (κ3) is 4.57. The van der Waals surface area contributed by atoms with Crippen LogP contribution in [-0.2, 0) is 16.6 Å². The van der Waals surface area contributed by atoms with Gasteiger partial charge in [-0.05, 0) is 18.2 Å². The quantitative estimate of drug-likeness (QED) is 0.800. The molecule has 8 nitrogen and oxygen atoms in total. The van der Waals surface area contributed by atoms with E-state index < -0.39 is 21.7 Å². The Morgan fingerprint density at radius 1 is 0.960 bits per heavy atom. The molecule has 1 heterocycles. The molecule has 0 radical (unpaired) electrons. The average Bonchev–Trinajstić information content (AvgIpc) is 2.55. The number of rotatable bonds is 6. The van der Waals surface area contributed by atoms with E-state index >= 15 is 0 Å². The molecule has 0 aliphatic carbocycles. The molecule has 1 aromatic heterocycles. The molecule has 11 heteroatoms. The zero-order valence-corrected chi connectivity index (χ0v) is 15.0. The van der Waals surface area contributed by atoms with Crippen LogP contribution >= 0.6 is 0 Å². The van der Waals surface area contributed by atoms with Gasteiger partial charge in [0.05, 0.1) is 11.4 Å². The second-order valence-electron chi connectivity index (χ2n) is 5.54. The SMILES string of the molecule is CN(C)c1nc(CNS(=O)(=O)c2ccc(F)c(F)c2)nc(N(C)C)n1. The topological polar surface area (TPSA) is 91.3 Å². The third-order valence-electron chi connectivity index (χ3n) is 3.08. The van der Waals surface area contributed by atoms with Gasteiger partial charge in [0.1, 0.15) is 0 Å². The Morgan fingerprint density at radius 3 is 2.00 bits per heavy atom. The molecule has 0 amide bonds. The van der Waals surface area contributed by atoms with Crippen LogP contribution in [0.1, 0.15) is 5.82 Å². The number of sulfonamides is 1. The van der Waals surface area contributed by atoms with Gasteiger partial charge in [0, 0.05) is 28.2 Å². The summed E-state index contributed by atoms with van der Waals surface area (Å²) in [4.78, 5) is 15.5. The minimum atomic E-state index is -4.05. The van der Waals surface area contributed by atoms with Gasteiger partial charge in [0.25, 0.3) is 0 Å². The lowest BCUT2D eigenvalue weighted by atomic mass is 10.3. The van der Waals surface area contributed by atoms with E-state index in [1.165, 1.54) is 0 Å². The molecule has 0 unspecified atom stereocenters. The van der Waals surface area contributed by atoms with Crippen LogP contribution in [0, 0.1) is 11.6 Å². The standard InChI is InChI=1S/C14H18F2N6O2S/c1-21(2)13-18-12(19-14(20-13)22(3)4)8-17-25(23,24)9-5-6-10(15)11(16)7-9/h5-7,17H,8H2,1-4H3. The highest BCUT2D eigenvalue weighted by molar-refractivity contribution is 7.89. The summed E-state index contributed by atoms with van der Waals surface area (Å²) in [5, 5.41) is 0. The van der Waals surface area contributed by atoms with Crippen molar-refractivity contribution in [3.05, 3.63) is 35.7 Å². The summed E-state index contributed by atoms with van der Waals surface area (Å²) in [6.45, 7) is -0.231. The number of hydrogen-bond acceptors (Lipinski definition) is 7. The number of benzene rings is 1. The van der Waals surface area contributed by atoms with Crippen molar-refractivity contribution in [1.82, 2.24) is 19.7 Å². The normalized spacial score (nSPS) is 11.4. The summed E-state index contributed by atoms with van der Waals surface area (Å²) in [5.74, 6) is -1.45. The Hall–Kier alpha value is -2.40. The molecule has 0 atom stereocenters. The summed E-state index contributed by atoms with van der Waals surface area (Å²) in [5.41, 5.74) is 0. The highest BCUT2D eigenvalue weighted by Crippen LogP contribution is 2.15. The minimum absolute atomic E-state index is 0.188. The first-order valence-electron chi connectivity index (χ1n) is 7.14. The second-order valence-corrected chi connectivity index (χ2v) is 7.31. The Bertz CT molecular complexity index is 847. The monoisotopic (exact) mass is 372 g/mol. The molecule has 1 N–H and O–H groups in total. The van der Waals surface area contributed by atoms with Crippen molar-refractivity contribution in [2.45, 2.75) is 11.4 Å². The number of nitrogens with one attached hydrogen (secondary N) is 1. The largest absolute Gasteiger partial charge is 0.347 e. The van der Waals surface area contributed by atoms with Gasteiger partial charge in [-0.15, -0.1) is 0 Å². The third-order valence-corrected chi connectivity index (χ3v) is 4.48. The zero-order chi connectivity index (χ0) is 18.8. The van der Waals surface area contributed by atoms with Crippen LogP contribution in [0.3, 0.4) is 0 Å². The van der Waals surface area contributed by atoms with E-state index in [0.717, 1.165) is 12.1 Å². The summed E-state index contributed by atoms with van der Waals surface area (Å²) >= 11 is 0. The van der Waals surface area contributed by atoms with Crippen molar-refractivity contribution in [3.8, 4) is 0 Å². The predicted octanol–water partition coefficient (Wildman–Crippen LogP) is 0.760. The summed E-state index contributed by atoms with van der Waals surface area (Å²) in [7, 11) is 2.91. The van der Waals surface area contributed by atoms with Crippen LogP contribution < -0.4 is 14.5 Å². The Labute approximate surface area is 144 Å². The first-order valence-corrected chi connectivity index (χ1v) is 8.63. The highest BCUT2D eigenvalue weighted by atomic mass is 32.2. The van der Waals surface area contributed by atoms with E-state index in [1.54, 1.807) is 38.0 Å². The minimum Gasteiger partial charge on any atom is -0.347 e. The molecule has 0 spiro atoms. The summed E-state index contributed by atoms with van der Waals surface area (Å²) < 4.78 is 52.9. The second kappa shape index (κ2) is 7.23. The lowest BCUT2D eigenvalue weighted by Crippen LogP contribution is -2.26. The smallest absolute Gasteiger partial charge is 0.241 e. The lowest BCUT2D eigenvalue weighted by molar-refractivity contribution is 0.504. The maximum absolute atomic E-state index is 13.2. The molecule has 1 aromatic carbocycles. The van der Waals surface area contributed by atoms with Gasteiger partial charge in [0.15, 0.2) is 17.5 Å². The van der Waals surface area contributed by atoms with Crippen LogP contribution in [-0.4, -0.2) is 51.6 Å². The van der Waals surface area contributed by atoms with E-state index in [9.17, 15) is 17.2 Å². The molecule has 0 saturated heterocycles. The summed E-state index contributed by atoms with van der Waals surface area (Å²) in [6.07, 6.45) is 0. The van der Waals surface area contributed by atoms with Crippen LogP contribution in [0.5, 0.6) is 0 Å².